The van der Waals surface area contributed by atoms with Crippen molar-refractivity contribution in [2.24, 2.45) is 11.8 Å². The predicted molar refractivity (Wildman–Crippen MR) is 107 cm³/mol. The van der Waals surface area contributed by atoms with E-state index in [1.807, 2.05) is 11.8 Å². The van der Waals surface area contributed by atoms with E-state index in [2.05, 4.69) is 45.2 Å². The molecule has 1 amide bonds. The molecular formula is C22H30N4O. The maximum atomic E-state index is 12.6. The average Bonchev–Trinajstić information content (AvgIpc) is 3.37. The van der Waals surface area contributed by atoms with Crippen molar-refractivity contribution < 1.29 is 4.79 Å². The van der Waals surface area contributed by atoms with E-state index >= 15 is 0 Å². The smallest absolute Gasteiger partial charge is 0.289 e. The van der Waals surface area contributed by atoms with Gasteiger partial charge in [-0.25, -0.2) is 4.98 Å². The van der Waals surface area contributed by atoms with Crippen LogP contribution in [0.3, 0.4) is 0 Å². The van der Waals surface area contributed by atoms with E-state index in [1.54, 1.807) is 6.20 Å². The summed E-state index contributed by atoms with van der Waals surface area (Å²) in [6.07, 6.45) is 6.54. The van der Waals surface area contributed by atoms with Gasteiger partial charge in [-0.3, -0.25) is 4.79 Å². The molecule has 4 rings (SSSR count). The highest BCUT2D eigenvalue weighted by molar-refractivity contribution is 5.90. The van der Waals surface area contributed by atoms with Gasteiger partial charge in [0, 0.05) is 31.5 Å². The maximum absolute atomic E-state index is 12.6. The molecule has 3 heterocycles. The van der Waals surface area contributed by atoms with Crippen LogP contribution in [-0.4, -0.2) is 58.4 Å². The number of carbonyl (C=O) groups is 1. The van der Waals surface area contributed by atoms with Crippen molar-refractivity contribution in [2.45, 2.75) is 32.6 Å². The fraction of sp³-hybridized carbons (Fsp3) is 0.545. The zero-order valence-electron chi connectivity index (χ0n) is 16.2. The first kappa shape index (κ1) is 18.2. The van der Waals surface area contributed by atoms with E-state index in [0.29, 0.717) is 11.7 Å². The van der Waals surface area contributed by atoms with Crippen LogP contribution in [0, 0.1) is 18.8 Å². The number of piperidine rings is 1. The molecular weight excluding hydrogens is 336 g/mol. The minimum absolute atomic E-state index is 0.0610. The first-order valence-corrected chi connectivity index (χ1v) is 10.3. The molecule has 1 N–H and O–H groups in total. The average molecular weight is 367 g/mol. The Morgan fingerprint density at radius 2 is 1.85 bits per heavy atom. The number of hydrogen-bond donors (Lipinski definition) is 1. The Labute approximate surface area is 161 Å². The molecule has 2 fully saturated rings. The summed E-state index contributed by atoms with van der Waals surface area (Å²) in [4.78, 5) is 24.5. The number of carbonyl (C=O) groups excluding carboxylic acids is 1. The van der Waals surface area contributed by atoms with Crippen LogP contribution in [0.25, 0.3) is 0 Å². The lowest BCUT2D eigenvalue weighted by Gasteiger charge is -2.34. The molecule has 0 aliphatic carbocycles. The molecule has 1 atom stereocenters. The van der Waals surface area contributed by atoms with Gasteiger partial charge in [0.05, 0.1) is 0 Å². The van der Waals surface area contributed by atoms with Gasteiger partial charge in [0.1, 0.15) is 0 Å². The summed E-state index contributed by atoms with van der Waals surface area (Å²) in [5, 5.41) is 0. The molecule has 2 aliphatic rings. The van der Waals surface area contributed by atoms with Crippen LogP contribution in [0.5, 0.6) is 0 Å². The summed E-state index contributed by atoms with van der Waals surface area (Å²) in [5.41, 5.74) is 2.37. The number of hydrogen-bond acceptors (Lipinski definition) is 3. The minimum Gasteiger partial charge on any atom is -0.338 e. The molecule has 1 aromatic heterocycles. The summed E-state index contributed by atoms with van der Waals surface area (Å²) in [6, 6.07) is 10.8. The predicted octanol–water partition coefficient (Wildman–Crippen LogP) is 3.13. The van der Waals surface area contributed by atoms with Crippen molar-refractivity contribution in [2.75, 3.05) is 32.7 Å². The van der Waals surface area contributed by atoms with Gasteiger partial charge in [0.25, 0.3) is 5.91 Å². The van der Waals surface area contributed by atoms with Crippen LogP contribution in [0.4, 0.5) is 0 Å². The molecule has 5 heteroatoms. The molecule has 1 aromatic carbocycles. The van der Waals surface area contributed by atoms with Crippen LogP contribution in [0.15, 0.2) is 36.5 Å². The monoisotopic (exact) mass is 366 g/mol. The van der Waals surface area contributed by atoms with Crippen molar-refractivity contribution in [3.63, 3.8) is 0 Å². The Morgan fingerprint density at radius 1 is 1.11 bits per heavy atom. The molecule has 1 unspecified atom stereocenters. The summed E-state index contributed by atoms with van der Waals surface area (Å²) in [7, 11) is 0. The van der Waals surface area contributed by atoms with Crippen molar-refractivity contribution in [3.8, 4) is 0 Å². The molecule has 5 nitrogen and oxygen atoms in total. The fourth-order valence-electron chi connectivity index (χ4n) is 4.61. The lowest BCUT2D eigenvalue weighted by atomic mass is 9.83. The number of aryl methyl sites for hydroxylation is 1. The van der Waals surface area contributed by atoms with Gasteiger partial charge in [0.15, 0.2) is 5.82 Å². The van der Waals surface area contributed by atoms with Crippen molar-refractivity contribution in [1.82, 2.24) is 19.8 Å². The topological polar surface area (TPSA) is 52.2 Å². The highest BCUT2D eigenvalue weighted by Gasteiger charge is 2.34. The van der Waals surface area contributed by atoms with Crippen LogP contribution >= 0.6 is 0 Å². The van der Waals surface area contributed by atoms with Gasteiger partial charge >= 0.3 is 0 Å². The second-order valence-corrected chi connectivity index (χ2v) is 8.13. The van der Waals surface area contributed by atoms with E-state index in [9.17, 15) is 4.79 Å². The Kier molecular flexibility index (Phi) is 5.58. The van der Waals surface area contributed by atoms with Gasteiger partial charge in [0.2, 0.25) is 0 Å². The first-order chi connectivity index (χ1) is 13.2. The number of H-pyrrole nitrogens is 1. The number of benzene rings is 1. The molecule has 144 valence electrons. The first-order valence-electron chi connectivity index (χ1n) is 10.3. The number of nitrogens with one attached hydrogen (secondary N) is 1. The second-order valence-electron chi connectivity index (χ2n) is 8.13. The Bertz CT molecular complexity index is 749. The third kappa shape index (κ3) is 4.41. The zero-order chi connectivity index (χ0) is 18.6. The van der Waals surface area contributed by atoms with Crippen LogP contribution < -0.4 is 0 Å². The van der Waals surface area contributed by atoms with Crippen molar-refractivity contribution >= 4 is 5.91 Å². The Morgan fingerprint density at radius 3 is 2.56 bits per heavy atom. The molecule has 2 aliphatic heterocycles. The van der Waals surface area contributed by atoms with E-state index in [0.717, 1.165) is 44.1 Å². The van der Waals surface area contributed by atoms with Gasteiger partial charge in [-0.1, -0.05) is 30.3 Å². The molecule has 0 spiro atoms. The molecule has 0 saturated carbocycles. The number of aromatic amines is 1. The number of likely N-dealkylation sites (tertiary alicyclic amines) is 2. The third-order valence-corrected chi connectivity index (χ3v) is 6.28. The number of imidazole rings is 1. The molecule has 2 saturated heterocycles. The third-order valence-electron chi connectivity index (χ3n) is 6.28. The maximum Gasteiger partial charge on any atom is 0.289 e. The highest BCUT2D eigenvalue weighted by atomic mass is 16.2. The number of amides is 1. The number of nitrogens with zero attached hydrogens (tertiary/aromatic N) is 3. The van der Waals surface area contributed by atoms with Gasteiger partial charge in [-0.2, -0.15) is 0 Å². The molecule has 27 heavy (non-hydrogen) atoms. The second kappa shape index (κ2) is 8.26. The van der Waals surface area contributed by atoms with E-state index in [-0.39, 0.29) is 5.91 Å². The normalized spacial score (nSPS) is 21.7. The summed E-state index contributed by atoms with van der Waals surface area (Å²) >= 11 is 0. The quantitative estimate of drug-likeness (QED) is 0.884. The summed E-state index contributed by atoms with van der Waals surface area (Å²) < 4.78 is 0. The molecule has 0 bridgehead atoms. The standard InChI is InChI=1S/C22H30N4O/c1-17-15-23-21(24-17)22(27)26-14-10-20(16-26)19-8-12-25(13-9-19)11-7-18-5-3-2-4-6-18/h2-6,15,19-20H,7-14,16H2,1H3,(H,23,24). The number of rotatable bonds is 5. The minimum atomic E-state index is 0.0610. The molecule has 0 radical (unpaired) electrons. The molecule has 2 aromatic rings. The van der Waals surface area contributed by atoms with Crippen molar-refractivity contribution in [1.29, 1.82) is 0 Å². The lowest BCUT2D eigenvalue weighted by Crippen LogP contribution is -2.38. The highest BCUT2D eigenvalue weighted by Crippen LogP contribution is 2.32. The van der Waals surface area contributed by atoms with Gasteiger partial charge in [-0.05, 0) is 63.1 Å². The van der Waals surface area contributed by atoms with Crippen molar-refractivity contribution in [3.05, 3.63) is 53.6 Å². The fourth-order valence-corrected chi connectivity index (χ4v) is 4.61. The van der Waals surface area contributed by atoms with Gasteiger partial charge in [-0.15, -0.1) is 0 Å². The van der Waals surface area contributed by atoms with Gasteiger partial charge < -0.3 is 14.8 Å². The Hall–Kier alpha value is -2.14. The van der Waals surface area contributed by atoms with E-state index < -0.39 is 0 Å². The van der Waals surface area contributed by atoms with Crippen LogP contribution in [-0.2, 0) is 6.42 Å². The number of aromatic nitrogens is 2. The SMILES string of the molecule is Cc1cnc(C(=O)N2CCC(C3CCN(CCc4ccccc4)CC3)C2)[nH]1. The summed E-state index contributed by atoms with van der Waals surface area (Å²) in [6.45, 7) is 7.25. The zero-order valence-corrected chi connectivity index (χ0v) is 16.2. The Balaban J connectivity index is 1.22. The largest absolute Gasteiger partial charge is 0.338 e. The van der Waals surface area contributed by atoms with E-state index in [1.165, 1.54) is 31.5 Å². The lowest BCUT2D eigenvalue weighted by molar-refractivity contribution is 0.0763. The summed E-state index contributed by atoms with van der Waals surface area (Å²) in [5.74, 6) is 1.96. The van der Waals surface area contributed by atoms with E-state index in [4.69, 9.17) is 0 Å². The van der Waals surface area contributed by atoms with Crippen LogP contribution in [0.2, 0.25) is 0 Å². The van der Waals surface area contributed by atoms with Crippen LogP contribution in [0.1, 0.15) is 41.1 Å².